The van der Waals surface area contributed by atoms with Gasteiger partial charge in [0.2, 0.25) is 0 Å². The molecule has 1 N–H and O–H groups in total. The molecule has 2 aromatic carbocycles. The monoisotopic (exact) mass is 373 g/mol. The molecule has 0 unspecified atom stereocenters. The van der Waals surface area contributed by atoms with Crippen LogP contribution in [-0.2, 0) is 6.42 Å². The maximum absolute atomic E-state index is 13.1. The number of nitrogens with one attached hydrogen (secondary N) is 1. The van der Waals surface area contributed by atoms with E-state index in [2.05, 4.69) is 10.4 Å². The highest BCUT2D eigenvalue weighted by molar-refractivity contribution is 6.32. The Morgan fingerprint density at radius 1 is 1.27 bits per heavy atom. The van der Waals surface area contributed by atoms with Crippen molar-refractivity contribution in [3.63, 3.8) is 0 Å². The Morgan fingerprint density at radius 3 is 2.62 bits per heavy atom. The van der Waals surface area contributed by atoms with Gasteiger partial charge in [0, 0.05) is 5.69 Å². The summed E-state index contributed by atoms with van der Waals surface area (Å²) in [6, 6.07) is 11.0. The van der Waals surface area contributed by atoms with Crippen molar-refractivity contribution in [2.45, 2.75) is 13.3 Å². The largest absolute Gasteiger partial charge is 0.495 e. The van der Waals surface area contributed by atoms with Gasteiger partial charge in [-0.2, -0.15) is 5.10 Å². The first-order valence-corrected chi connectivity index (χ1v) is 8.39. The van der Waals surface area contributed by atoms with Gasteiger partial charge in [0.1, 0.15) is 11.6 Å². The number of rotatable bonds is 5. The number of ether oxygens (including phenoxy) is 1. The number of carbonyl (C=O) groups is 1. The van der Waals surface area contributed by atoms with E-state index in [1.54, 1.807) is 35.0 Å². The Bertz CT molecular complexity index is 938. The molecule has 0 bridgehead atoms. The number of hydrogen-bond donors (Lipinski definition) is 1. The topological polar surface area (TPSA) is 56.1 Å². The molecular weight excluding hydrogens is 357 g/mol. The molecule has 3 aromatic rings. The van der Waals surface area contributed by atoms with Gasteiger partial charge in [-0.15, -0.1) is 0 Å². The molecule has 5 nitrogen and oxygen atoms in total. The molecular formula is C19H17ClFN3O2. The lowest BCUT2D eigenvalue weighted by Crippen LogP contribution is -2.14. The summed E-state index contributed by atoms with van der Waals surface area (Å²) in [5.41, 5.74) is 2.42. The zero-order valence-corrected chi connectivity index (χ0v) is 15.0. The molecule has 1 heterocycles. The fourth-order valence-corrected chi connectivity index (χ4v) is 2.91. The Hall–Kier alpha value is -2.86. The molecule has 0 aliphatic heterocycles. The van der Waals surface area contributed by atoms with E-state index in [4.69, 9.17) is 16.3 Å². The minimum atomic E-state index is -0.326. The lowest BCUT2D eigenvalue weighted by atomic mass is 10.1. The molecule has 26 heavy (non-hydrogen) atoms. The number of aromatic nitrogens is 2. The van der Waals surface area contributed by atoms with E-state index < -0.39 is 0 Å². The fraction of sp³-hybridized carbons (Fsp3) is 0.158. The van der Waals surface area contributed by atoms with Crippen LogP contribution in [0.3, 0.4) is 0 Å². The van der Waals surface area contributed by atoms with Crippen molar-refractivity contribution in [3.8, 4) is 11.4 Å². The van der Waals surface area contributed by atoms with E-state index >= 15 is 0 Å². The Morgan fingerprint density at radius 2 is 2.00 bits per heavy atom. The van der Waals surface area contributed by atoms with Crippen LogP contribution in [0.15, 0.2) is 48.7 Å². The quantitative estimate of drug-likeness (QED) is 0.717. The highest BCUT2D eigenvalue weighted by Gasteiger charge is 2.18. The predicted octanol–water partition coefficient (Wildman–Crippen LogP) is 4.49. The van der Waals surface area contributed by atoms with Crippen molar-refractivity contribution < 1.29 is 13.9 Å². The third-order valence-corrected chi connectivity index (χ3v) is 4.22. The normalized spacial score (nSPS) is 10.6. The molecule has 0 saturated carbocycles. The third kappa shape index (κ3) is 3.55. The van der Waals surface area contributed by atoms with Crippen LogP contribution < -0.4 is 10.1 Å². The van der Waals surface area contributed by atoms with E-state index in [-0.39, 0.29) is 11.7 Å². The second kappa shape index (κ2) is 7.58. The summed E-state index contributed by atoms with van der Waals surface area (Å²) in [6.07, 6.45) is 2.09. The molecule has 0 aliphatic carbocycles. The van der Waals surface area contributed by atoms with E-state index in [0.29, 0.717) is 34.1 Å². The molecule has 3 rings (SSSR count). The molecule has 0 spiro atoms. The molecule has 0 atom stereocenters. The summed E-state index contributed by atoms with van der Waals surface area (Å²) < 4.78 is 19.9. The standard InChI is InChI=1S/C19H17ClFN3O2/c1-3-17-15(11-22-24(17)14-7-4-12(21)5-8-14)19(25)23-13-6-9-18(26-2)16(20)10-13/h4-11H,3H2,1-2H3,(H,23,25). The number of hydrogen-bond acceptors (Lipinski definition) is 3. The predicted molar refractivity (Wildman–Crippen MR) is 98.9 cm³/mol. The van der Waals surface area contributed by atoms with Gasteiger partial charge in [-0.05, 0) is 48.9 Å². The summed E-state index contributed by atoms with van der Waals surface area (Å²) >= 11 is 6.09. The van der Waals surface area contributed by atoms with Crippen LogP contribution in [0.25, 0.3) is 5.69 Å². The van der Waals surface area contributed by atoms with Crippen LogP contribution in [0, 0.1) is 5.82 Å². The van der Waals surface area contributed by atoms with Crippen molar-refractivity contribution in [2.24, 2.45) is 0 Å². The lowest BCUT2D eigenvalue weighted by molar-refractivity contribution is 0.102. The Labute approximate surface area is 155 Å². The number of carbonyl (C=O) groups excluding carboxylic acids is 1. The van der Waals surface area contributed by atoms with Crippen molar-refractivity contribution in [1.29, 1.82) is 0 Å². The fourth-order valence-electron chi connectivity index (χ4n) is 2.65. The second-order valence-corrected chi connectivity index (χ2v) is 5.96. The van der Waals surface area contributed by atoms with Crippen LogP contribution in [0.5, 0.6) is 5.75 Å². The van der Waals surface area contributed by atoms with Crippen LogP contribution >= 0.6 is 11.6 Å². The van der Waals surface area contributed by atoms with Gasteiger partial charge < -0.3 is 10.1 Å². The molecule has 0 radical (unpaired) electrons. The third-order valence-electron chi connectivity index (χ3n) is 3.93. The Balaban J connectivity index is 1.88. The van der Waals surface area contributed by atoms with Crippen molar-refractivity contribution in [3.05, 3.63) is 70.8 Å². The van der Waals surface area contributed by atoms with Crippen LogP contribution in [0.4, 0.5) is 10.1 Å². The molecule has 1 amide bonds. The van der Waals surface area contributed by atoms with Crippen molar-refractivity contribution >= 4 is 23.2 Å². The maximum atomic E-state index is 13.1. The average molecular weight is 374 g/mol. The Kier molecular flexibility index (Phi) is 5.23. The molecule has 0 aliphatic rings. The summed E-state index contributed by atoms with van der Waals surface area (Å²) in [4.78, 5) is 12.7. The summed E-state index contributed by atoms with van der Waals surface area (Å²) in [6.45, 7) is 1.93. The van der Waals surface area contributed by atoms with E-state index in [1.807, 2.05) is 6.92 Å². The number of halogens is 2. The molecule has 0 saturated heterocycles. The minimum Gasteiger partial charge on any atom is -0.495 e. The van der Waals surface area contributed by atoms with Gasteiger partial charge in [-0.3, -0.25) is 4.79 Å². The van der Waals surface area contributed by atoms with E-state index in [9.17, 15) is 9.18 Å². The van der Waals surface area contributed by atoms with Crippen LogP contribution in [0.2, 0.25) is 5.02 Å². The average Bonchev–Trinajstić information content (AvgIpc) is 3.06. The van der Waals surface area contributed by atoms with Crippen LogP contribution in [-0.4, -0.2) is 22.8 Å². The first-order chi connectivity index (χ1) is 12.5. The maximum Gasteiger partial charge on any atom is 0.259 e. The van der Waals surface area contributed by atoms with Gasteiger partial charge in [-0.25, -0.2) is 9.07 Å². The smallest absolute Gasteiger partial charge is 0.259 e. The highest BCUT2D eigenvalue weighted by Crippen LogP contribution is 2.27. The molecule has 7 heteroatoms. The number of benzene rings is 2. The van der Waals surface area contributed by atoms with Gasteiger partial charge in [0.25, 0.3) is 5.91 Å². The van der Waals surface area contributed by atoms with Gasteiger partial charge >= 0.3 is 0 Å². The minimum absolute atomic E-state index is 0.295. The summed E-state index contributed by atoms with van der Waals surface area (Å²) in [5.74, 6) is -0.0900. The summed E-state index contributed by atoms with van der Waals surface area (Å²) in [5, 5.41) is 7.49. The van der Waals surface area contributed by atoms with Gasteiger partial charge in [-0.1, -0.05) is 18.5 Å². The van der Waals surface area contributed by atoms with Crippen molar-refractivity contribution in [1.82, 2.24) is 9.78 Å². The second-order valence-electron chi connectivity index (χ2n) is 5.55. The highest BCUT2D eigenvalue weighted by atomic mass is 35.5. The zero-order valence-electron chi connectivity index (χ0n) is 14.3. The first kappa shape index (κ1) is 17.9. The van der Waals surface area contributed by atoms with Crippen molar-refractivity contribution in [2.75, 3.05) is 12.4 Å². The molecule has 1 aromatic heterocycles. The lowest BCUT2D eigenvalue weighted by Gasteiger charge is -2.10. The number of anilines is 1. The van der Waals surface area contributed by atoms with Gasteiger partial charge in [0.05, 0.1) is 35.3 Å². The van der Waals surface area contributed by atoms with E-state index in [0.717, 1.165) is 5.69 Å². The zero-order chi connectivity index (χ0) is 18.7. The van der Waals surface area contributed by atoms with Gasteiger partial charge in [0.15, 0.2) is 0 Å². The molecule has 0 fully saturated rings. The first-order valence-electron chi connectivity index (χ1n) is 8.01. The molecule has 134 valence electrons. The number of methoxy groups -OCH3 is 1. The summed E-state index contributed by atoms with van der Waals surface area (Å²) in [7, 11) is 1.52. The number of nitrogens with zero attached hydrogens (tertiary/aromatic N) is 2. The van der Waals surface area contributed by atoms with E-state index in [1.165, 1.54) is 25.4 Å². The number of amides is 1. The van der Waals surface area contributed by atoms with Crippen LogP contribution in [0.1, 0.15) is 23.0 Å². The SMILES string of the molecule is CCc1c(C(=O)Nc2ccc(OC)c(Cl)c2)cnn1-c1ccc(F)cc1.